The molecule has 0 unspecified atom stereocenters. The number of benzene rings is 1. The summed E-state index contributed by atoms with van der Waals surface area (Å²) < 4.78 is 0. The number of anilines is 1. The molecule has 2 amide bonds. The minimum atomic E-state index is -0.456. The van der Waals surface area contributed by atoms with Crippen molar-refractivity contribution in [1.82, 2.24) is 0 Å². The molecule has 0 N–H and O–H groups in total. The van der Waals surface area contributed by atoms with Gasteiger partial charge < -0.3 is 0 Å². The van der Waals surface area contributed by atoms with Gasteiger partial charge in [0.1, 0.15) is 0 Å². The van der Waals surface area contributed by atoms with Crippen LogP contribution in [0.2, 0.25) is 0 Å². The Balaban J connectivity index is 2.27. The highest BCUT2D eigenvalue weighted by molar-refractivity contribution is 6.28. The molecule has 1 aliphatic heterocycles. The van der Waals surface area contributed by atoms with Crippen LogP contribution in [-0.4, -0.2) is 17.6 Å². The summed E-state index contributed by atoms with van der Waals surface area (Å²) in [5.41, 5.74) is 0.594. The van der Waals surface area contributed by atoms with Crippen LogP contribution in [0.4, 0.5) is 5.69 Å². The second-order valence-electron chi connectivity index (χ2n) is 5.47. The first-order valence-electron chi connectivity index (χ1n) is 6.02. The van der Waals surface area contributed by atoms with E-state index in [4.69, 9.17) is 0 Å². The lowest BCUT2D eigenvalue weighted by Crippen LogP contribution is -2.29. The Hall–Kier alpha value is -2.23. The van der Waals surface area contributed by atoms with Crippen LogP contribution in [0.5, 0.6) is 0 Å². The monoisotopic (exact) mass is 257 g/mol. The number of ketones is 1. The van der Waals surface area contributed by atoms with Crippen LogP contribution in [0.1, 0.15) is 31.1 Å². The maximum atomic E-state index is 12.1. The molecule has 1 aliphatic rings. The number of nitrogens with zero attached hydrogens (tertiary/aromatic N) is 1. The molecule has 0 saturated heterocycles. The zero-order chi connectivity index (χ0) is 14.2. The normalized spacial score (nSPS) is 15.2. The van der Waals surface area contributed by atoms with E-state index in [0.717, 1.165) is 4.90 Å². The third-order valence-corrected chi connectivity index (χ3v) is 2.88. The Labute approximate surface area is 111 Å². The van der Waals surface area contributed by atoms with Gasteiger partial charge in [0.05, 0.1) is 5.69 Å². The first-order valence-corrected chi connectivity index (χ1v) is 6.02. The number of hydrogen-bond donors (Lipinski definition) is 0. The van der Waals surface area contributed by atoms with Crippen molar-refractivity contribution in [3.05, 3.63) is 42.0 Å². The highest BCUT2D eigenvalue weighted by Crippen LogP contribution is 2.24. The van der Waals surface area contributed by atoms with Crippen LogP contribution in [0.3, 0.4) is 0 Å². The summed E-state index contributed by atoms with van der Waals surface area (Å²) in [6.45, 7) is 5.54. The highest BCUT2D eigenvalue weighted by atomic mass is 16.2. The highest BCUT2D eigenvalue weighted by Gasteiger charge is 2.26. The molecule has 0 fully saturated rings. The largest absolute Gasteiger partial charge is 0.294 e. The van der Waals surface area contributed by atoms with Crippen molar-refractivity contribution < 1.29 is 14.4 Å². The predicted octanol–water partition coefficient (Wildman–Crippen LogP) is 2.34. The van der Waals surface area contributed by atoms with E-state index in [0.29, 0.717) is 11.3 Å². The first-order chi connectivity index (χ1) is 8.80. The van der Waals surface area contributed by atoms with E-state index in [1.54, 1.807) is 24.3 Å². The molecule has 0 atom stereocenters. The molecule has 0 radical (unpaired) electrons. The van der Waals surface area contributed by atoms with E-state index in [2.05, 4.69) is 0 Å². The van der Waals surface area contributed by atoms with Crippen LogP contribution < -0.4 is 4.90 Å². The number of amides is 2. The third-order valence-electron chi connectivity index (χ3n) is 2.88. The van der Waals surface area contributed by atoms with Gasteiger partial charge in [0.25, 0.3) is 11.8 Å². The van der Waals surface area contributed by atoms with E-state index in [-0.39, 0.29) is 17.6 Å². The molecular weight excluding hydrogens is 242 g/mol. The zero-order valence-electron chi connectivity index (χ0n) is 11.1. The Bertz CT molecular complexity index is 558. The molecule has 4 nitrogen and oxygen atoms in total. The average molecular weight is 257 g/mol. The lowest BCUT2D eigenvalue weighted by molar-refractivity contribution is -0.119. The standard InChI is InChI=1S/C15H15NO3/c1-15(2,3)14(19)10-4-6-11(7-5-10)16-12(17)8-9-13(16)18/h4-9H,1-3H3. The summed E-state index contributed by atoms with van der Waals surface area (Å²) >= 11 is 0. The zero-order valence-corrected chi connectivity index (χ0v) is 11.1. The number of imide groups is 1. The van der Waals surface area contributed by atoms with Crippen molar-refractivity contribution in [3.8, 4) is 0 Å². The fourth-order valence-electron chi connectivity index (χ4n) is 1.85. The number of Topliss-reactive ketones (excluding diaryl/α,β-unsaturated/α-hetero) is 1. The quantitative estimate of drug-likeness (QED) is 0.603. The molecule has 2 rings (SSSR count). The van der Waals surface area contributed by atoms with Gasteiger partial charge >= 0.3 is 0 Å². The number of rotatable bonds is 2. The van der Waals surface area contributed by atoms with Gasteiger partial charge in [0, 0.05) is 23.1 Å². The summed E-state index contributed by atoms with van der Waals surface area (Å²) in [4.78, 5) is 36.2. The Morgan fingerprint density at radius 1 is 0.947 bits per heavy atom. The van der Waals surface area contributed by atoms with Crippen molar-refractivity contribution in [3.63, 3.8) is 0 Å². The van der Waals surface area contributed by atoms with Gasteiger partial charge in [0.15, 0.2) is 5.78 Å². The van der Waals surface area contributed by atoms with Crippen molar-refractivity contribution in [2.75, 3.05) is 4.90 Å². The Morgan fingerprint density at radius 2 is 1.42 bits per heavy atom. The number of carbonyl (C=O) groups excluding carboxylic acids is 3. The SMILES string of the molecule is CC(C)(C)C(=O)c1ccc(N2C(=O)C=CC2=O)cc1. The molecule has 98 valence electrons. The summed E-state index contributed by atoms with van der Waals surface area (Å²) in [5, 5.41) is 0. The molecule has 19 heavy (non-hydrogen) atoms. The number of hydrogen-bond acceptors (Lipinski definition) is 3. The van der Waals surface area contributed by atoms with Gasteiger partial charge in [-0.3, -0.25) is 14.4 Å². The number of carbonyl (C=O) groups is 3. The maximum Gasteiger partial charge on any atom is 0.258 e. The molecule has 0 saturated carbocycles. The Morgan fingerprint density at radius 3 is 1.84 bits per heavy atom. The average Bonchev–Trinajstić information content (AvgIpc) is 2.67. The molecular formula is C15H15NO3. The van der Waals surface area contributed by atoms with Gasteiger partial charge in [0.2, 0.25) is 0 Å². The third kappa shape index (κ3) is 2.47. The van der Waals surface area contributed by atoms with E-state index in [1.165, 1.54) is 12.2 Å². The fourth-order valence-corrected chi connectivity index (χ4v) is 1.85. The molecule has 0 aliphatic carbocycles. The van der Waals surface area contributed by atoms with E-state index in [1.807, 2.05) is 20.8 Å². The van der Waals surface area contributed by atoms with Crippen LogP contribution >= 0.6 is 0 Å². The van der Waals surface area contributed by atoms with Crippen molar-refractivity contribution in [2.45, 2.75) is 20.8 Å². The summed E-state index contributed by atoms with van der Waals surface area (Å²) in [7, 11) is 0. The van der Waals surface area contributed by atoms with Gasteiger partial charge in [-0.05, 0) is 24.3 Å². The summed E-state index contributed by atoms with van der Waals surface area (Å²) in [6, 6.07) is 6.51. The second-order valence-corrected chi connectivity index (χ2v) is 5.47. The molecule has 1 heterocycles. The Kier molecular flexibility index (Phi) is 3.10. The van der Waals surface area contributed by atoms with Gasteiger partial charge in [-0.25, -0.2) is 4.90 Å². The van der Waals surface area contributed by atoms with Gasteiger partial charge in [-0.15, -0.1) is 0 Å². The van der Waals surface area contributed by atoms with Crippen LogP contribution in [0.15, 0.2) is 36.4 Å². The summed E-state index contributed by atoms with van der Waals surface area (Å²) in [6.07, 6.45) is 2.47. The maximum absolute atomic E-state index is 12.1. The van der Waals surface area contributed by atoms with Crippen LogP contribution in [-0.2, 0) is 9.59 Å². The van der Waals surface area contributed by atoms with E-state index < -0.39 is 5.41 Å². The van der Waals surface area contributed by atoms with E-state index >= 15 is 0 Å². The molecule has 1 aromatic rings. The second kappa shape index (κ2) is 4.46. The van der Waals surface area contributed by atoms with Crippen LogP contribution in [0.25, 0.3) is 0 Å². The minimum Gasteiger partial charge on any atom is -0.294 e. The van der Waals surface area contributed by atoms with Crippen molar-refractivity contribution in [1.29, 1.82) is 0 Å². The lowest BCUT2D eigenvalue weighted by atomic mass is 9.86. The molecule has 0 bridgehead atoms. The molecule has 4 heteroatoms. The van der Waals surface area contributed by atoms with Gasteiger partial charge in [-0.2, -0.15) is 0 Å². The molecule has 0 spiro atoms. The molecule has 1 aromatic carbocycles. The smallest absolute Gasteiger partial charge is 0.258 e. The fraction of sp³-hybridized carbons (Fsp3) is 0.267. The minimum absolute atomic E-state index is 0.0243. The predicted molar refractivity (Wildman–Crippen MR) is 71.9 cm³/mol. The van der Waals surface area contributed by atoms with Gasteiger partial charge in [-0.1, -0.05) is 20.8 Å². The first kappa shape index (κ1) is 13.2. The topological polar surface area (TPSA) is 54.5 Å². The van der Waals surface area contributed by atoms with Crippen LogP contribution in [0, 0.1) is 5.41 Å². The lowest BCUT2D eigenvalue weighted by Gasteiger charge is -2.18. The van der Waals surface area contributed by atoms with Crippen molar-refractivity contribution in [2.24, 2.45) is 5.41 Å². The summed E-state index contributed by atoms with van der Waals surface area (Å²) in [5.74, 6) is -0.698. The van der Waals surface area contributed by atoms with E-state index in [9.17, 15) is 14.4 Å². The van der Waals surface area contributed by atoms with Crippen molar-refractivity contribution >= 4 is 23.3 Å². The molecule has 0 aromatic heterocycles.